The zero-order valence-electron chi connectivity index (χ0n) is 11.3. The predicted octanol–water partition coefficient (Wildman–Crippen LogP) is 1.72. The molecule has 0 aromatic heterocycles. The molecule has 1 heterocycles. The van der Waals surface area contributed by atoms with Gasteiger partial charge in [0.05, 0.1) is 0 Å². The van der Waals surface area contributed by atoms with E-state index in [2.05, 4.69) is 0 Å². The molecule has 1 saturated heterocycles. The van der Waals surface area contributed by atoms with Gasteiger partial charge in [-0.25, -0.2) is 0 Å². The van der Waals surface area contributed by atoms with Gasteiger partial charge in [0.1, 0.15) is 0 Å². The van der Waals surface area contributed by atoms with Gasteiger partial charge >= 0.3 is 0 Å². The van der Waals surface area contributed by atoms with E-state index >= 15 is 0 Å². The lowest BCUT2D eigenvalue weighted by atomic mass is 10.1. The van der Waals surface area contributed by atoms with Gasteiger partial charge in [0, 0.05) is 44.9 Å². The molecule has 1 aliphatic heterocycles. The second-order valence-electron chi connectivity index (χ2n) is 5.15. The van der Waals surface area contributed by atoms with E-state index in [1.165, 1.54) is 0 Å². The second-order valence-corrected chi connectivity index (χ2v) is 5.53. The topological polar surface area (TPSA) is 40.6 Å². The summed E-state index contributed by atoms with van der Waals surface area (Å²) in [6.45, 7) is 6.74. The number of carbonyl (C=O) groups excluding carboxylic acids is 2. The lowest BCUT2D eigenvalue weighted by molar-refractivity contribution is -0.140. The molecule has 1 aliphatic rings. The molecule has 0 atom stereocenters. The first kappa shape index (κ1) is 15.3. The Hall–Kier alpha value is -0.770. The van der Waals surface area contributed by atoms with Crippen LogP contribution in [0.4, 0.5) is 0 Å². The Bertz CT molecular complexity index is 287. The average Bonchev–Trinajstić information content (AvgIpc) is 2.35. The van der Waals surface area contributed by atoms with Crippen molar-refractivity contribution in [3.05, 3.63) is 0 Å². The van der Waals surface area contributed by atoms with Gasteiger partial charge in [0.15, 0.2) is 0 Å². The highest BCUT2D eigenvalue weighted by Crippen LogP contribution is 2.09. The first-order chi connectivity index (χ1) is 8.54. The summed E-state index contributed by atoms with van der Waals surface area (Å²) in [5.74, 6) is 1.28. The highest BCUT2D eigenvalue weighted by Gasteiger charge is 2.23. The molecule has 0 N–H and O–H groups in total. The van der Waals surface area contributed by atoms with E-state index in [9.17, 15) is 9.59 Å². The van der Waals surface area contributed by atoms with Crippen LogP contribution in [0.2, 0.25) is 0 Å². The molecule has 0 bridgehead atoms. The molecule has 0 saturated carbocycles. The van der Waals surface area contributed by atoms with E-state index in [0.29, 0.717) is 50.8 Å². The molecule has 5 heteroatoms. The van der Waals surface area contributed by atoms with Crippen molar-refractivity contribution in [3.8, 4) is 0 Å². The fourth-order valence-electron chi connectivity index (χ4n) is 2.06. The molecule has 0 aliphatic carbocycles. The quantitative estimate of drug-likeness (QED) is 0.717. The highest BCUT2D eigenvalue weighted by molar-refractivity contribution is 6.17. The van der Waals surface area contributed by atoms with Crippen LogP contribution in [-0.4, -0.2) is 53.7 Å². The minimum Gasteiger partial charge on any atom is -0.339 e. The number of carbonyl (C=O) groups is 2. The molecule has 0 aromatic rings. The Balaban J connectivity index is 2.32. The predicted molar refractivity (Wildman–Crippen MR) is 72.6 cm³/mol. The third-order valence-electron chi connectivity index (χ3n) is 3.09. The van der Waals surface area contributed by atoms with Gasteiger partial charge in [-0.2, -0.15) is 0 Å². The van der Waals surface area contributed by atoms with E-state index < -0.39 is 0 Å². The summed E-state index contributed by atoms with van der Waals surface area (Å²) >= 11 is 5.57. The lowest BCUT2D eigenvalue weighted by Gasteiger charge is -2.35. The van der Waals surface area contributed by atoms with Crippen LogP contribution in [0.1, 0.15) is 33.1 Å². The average molecular weight is 275 g/mol. The Morgan fingerprint density at radius 1 is 1.06 bits per heavy atom. The molecule has 1 rings (SSSR count). The zero-order valence-corrected chi connectivity index (χ0v) is 12.1. The maximum atomic E-state index is 11.9. The maximum absolute atomic E-state index is 11.9. The van der Waals surface area contributed by atoms with Crippen LogP contribution in [-0.2, 0) is 9.59 Å². The summed E-state index contributed by atoms with van der Waals surface area (Å²) in [6, 6.07) is 0. The summed E-state index contributed by atoms with van der Waals surface area (Å²) in [5, 5.41) is 0. The molecular formula is C13H23ClN2O2. The first-order valence-corrected chi connectivity index (χ1v) is 7.19. The molecular weight excluding hydrogens is 252 g/mol. The third-order valence-corrected chi connectivity index (χ3v) is 3.36. The number of rotatable bonds is 5. The molecule has 0 unspecified atom stereocenters. The Labute approximate surface area is 114 Å². The molecule has 0 spiro atoms. The van der Waals surface area contributed by atoms with Gasteiger partial charge < -0.3 is 9.80 Å². The number of halogens is 1. The minimum atomic E-state index is 0.159. The Morgan fingerprint density at radius 2 is 1.56 bits per heavy atom. The van der Waals surface area contributed by atoms with Crippen LogP contribution in [0, 0.1) is 5.92 Å². The van der Waals surface area contributed by atoms with Crippen molar-refractivity contribution in [2.45, 2.75) is 33.1 Å². The van der Waals surface area contributed by atoms with Gasteiger partial charge in [-0.05, 0) is 12.3 Å². The summed E-state index contributed by atoms with van der Waals surface area (Å²) in [4.78, 5) is 27.3. The molecule has 104 valence electrons. The van der Waals surface area contributed by atoms with Crippen LogP contribution in [0.3, 0.4) is 0 Å². The van der Waals surface area contributed by atoms with E-state index in [0.717, 1.165) is 6.42 Å². The number of alkyl halides is 1. The number of amides is 2. The largest absolute Gasteiger partial charge is 0.339 e. The second kappa shape index (κ2) is 7.62. The van der Waals surface area contributed by atoms with Gasteiger partial charge in [0.2, 0.25) is 11.8 Å². The molecule has 0 radical (unpaired) electrons. The molecule has 4 nitrogen and oxygen atoms in total. The van der Waals surface area contributed by atoms with E-state index in [-0.39, 0.29) is 11.8 Å². The number of piperazine rings is 1. The SMILES string of the molecule is CC(C)CC(=O)N1CCN(C(=O)CCCCl)CC1. The van der Waals surface area contributed by atoms with Crippen molar-refractivity contribution < 1.29 is 9.59 Å². The highest BCUT2D eigenvalue weighted by atomic mass is 35.5. The Morgan fingerprint density at radius 3 is 2.00 bits per heavy atom. The summed E-state index contributed by atoms with van der Waals surface area (Å²) in [6.07, 6.45) is 1.84. The summed E-state index contributed by atoms with van der Waals surface area (Å²) in [7, 11) is 0. The van der Waals surface area contributed by atoms with Crippen molar-refractivity contribution in [2.75, 3.05) is 32.1 Å². The molecule has 2 amide bonds. The Kier molecular flexibility index (Phi) is 6.47. The smallest absolute Gasteiger partial charge is 0.222 e. The van der Waals surface area contributed by atoms with Crippen LogP contribution in [0.25, 0.3) is 0 Å². The van der Waals surface area contributed by atoms with Crippen molar-refractivity contribution >= 4 is 23.4 Å². The standard InChI is InChI=1S/C13H23ClN2O2/c1-11(2)10-13(18)16-8-6-15(7-9-16)12(17)4-3-5-14/h11H,3-10H2,1-2H3. The van der Waals surface area contributed by atoms with Gasteiger partial charge in [-0.15, -0.1) is 11.6 Å². The van der Waals surface area contributed by atoms with Crippen LogP contribution >= 0.6 is 11.6 Å². The van der Waals surface area contributed by atoms with Gasteiger partial charge in [0.25, 0.3) is 0 Å². The van der Waals surface area contributed by atoms with E-state index in [1.54, 1.807) is 0 Å². The van der Waals surface area contributed by atoms with Gasteiger partial charge in [-0.3, -0.25) is 9.59 Å². The molecule has 18 heavy (non-hydrogen) atoms. The van der Waals surface area contributed by atoms with Crippen LogP contribution < -0.4 is 0 Å². The molecule has 0 aromatic carbocycles. The van der Waals surface area contributed by atoms with Crippen molar-refractivity contribution in [3.63, 3.8) is 0 Å². The normalized spacial score (nSPS) is 16.2. The zero-order chi connectivity index (χ0) is 13.5. The van der Waals surface area contributed by atoms with Crippen LogP contribution in [0.5, 0.6) is 0 Å². The van der Waals surface area contributed by atoms with E-state index in [4.69, 9.17) is 11.6 Å². The van der Waals surface area contributed by atoms with Crippen molar-refractivity contribution in [1.29, 1.82) is 0 Å². The summed E-state index contributed by atoms with van der Waals surface area (Å²) in [5.41, 5.74) is 0. The van der Waals surface area contributed by atoms with Crippen LogP contribution in [0.15, 0.2) is 0 Å². The van der Waals surface area contributed by atoms with Crippen molar-refractivity contribution in [1.82, 2.24) is 9.80 Å². The van der Waals surface area contributed by atoms with Crippen molar-refractivity contribution in [2.24, 2.45) is 5.92 Å². The number of nitrogens with zero attached hydrogens (tertiary/aromatic N) is 2. The number of hydrogen-bond donors (Lipinski definition) is 0. The first-order valence-electron chi connectivity index (χ1n) is 6.66. The lowest BCUT2D eigenvalue weighted by Crippen LogP contribution is -2.50. The maximum Gasteiger partial charge on any atom is 0.222 e. The third kappa shape index (κ3) is 4.84. The number of hydrogen-bond acceptors (Lipinski definition) is 2. The fourth-order valence-corrected chi connectivity index (χ4v) is 2.19. The monoisotopic (exact) mass is 274 g/mol. The van der Waals surface area contributed by atoms with E-state index in [1.807, 2.05) is 23.6 Å². The van der Waals surface area contributed by atoms with Gasteiger partial charge in [-0.1, -0.05) is 13.8 Å². The fraction of sp³-hybridized carbons (Fsp3) is 0.846. The molecule has 1 fully saturated rings. The minimum absolute atomic E-state index is 0.159. The summed E-state index contributed by atoms with van der Waals surface area (Å²) < 4.78 is 0.